The van der Waals surface area contributed by atoms with Crippen molar-refractivity contribution in [3.05, 3.63) is 53.5 Å². The Kier molecular flexibility index (Phi) is 3.90. The molecule has 1 aromatic heterocycles. The first-order valence-corrected chi connectivity index (χ1v) is 7.32. The van der Waals surface area contributed by atoms with Crippen LogP contribution in [-0.4, -0.2) is 24.7 Å². The summed E-state index contributed by atoms with van der Waals surface area (Å²) < 4.78 is 10.1. The molecule has 0 unspecified atom stereocenters. The van der Waals surface area contributed by atoms with Crippen LogP contribution >= 0.6 is 0 Å². The molecule has 0 fully saturated rings. The van der Waals surface area contributed by atoms with E-state index >= 15 is 0 Å². The molecule has 0 saturated heterocycles. The molecule has 1 aliphatic rings. The second-order valence-corrected chi connectivity index (χ2v) is 5.60. The number of hydrogen-bond donors (Lipinski definition) is 2. The number of aliphatic hydroxyl groups is 1. The third-order valence-corrected chi connectivity index (χ3v) is 4.17. The van der Waals surface area contributed by atoms with E-state index in [-0.39, 0.29) is 12.5 Å². The van der Waals surface area contributed by atoms with Gasteiger partial charge in [-0.2, -0.15) is 0 Å². The number of hydrogen-bond acceptors (Lipinski definition) is 4. The van der Waals surface area contributed by atoms with Gasteiger partial charge in [-0.1, -0.05) is 6.07 Å². The monoisotopic (exact) mass is 301 g/mol. The molecule has 1 heterocycles. The SMILES string of the molecule is COc1ccc2c(c1)CCC[C@]2(O)CNC(=O)c1ccoc1. The van der Waals surface area contributed by atoms with Crippen molar-refractivity contribution < 1.29 is 19.1 Å². The van der Waals surface area contributed by atoms with Crippen molar-refractivity contribution in [3.63, 3.8) is 0 Å². The number of furan rings is 1. The van der Waals surface area contributed by atoms with Gasteiger partial charge in [0.15, 0.2) is 0 Å². The maximum atomic E-state index is 12.0. The zero-order valence-corrected chi connectivity index (χ0v) is 12.5. The molecule has 1 aromatic carbocycles. The summed E-state index contributed by atoms with van der Waals surface area (Å²) in [6.07, 6.45) is 5.24. The minimum absolute atomic E-state index is 0.177. The van der Waals surface area contributed by atoms with Gasteiger partial charge < -0.3 is 19.6 Å². The van der Waals surface area contributed by atoms with Gasteiger partial charge in [0.1, 0.15) is 17.6 Å². The second-order valence-electron chi connectivity index (χ2n) is 5.60. The molecular weight excluding hydrogens is 282 g/mol. The van der Waals surface area contributed by atoms with Gasteiger partial charge in [-0.15, -0.1) is 0 Å². The highest BCUT2D eigenvalue weighted by Crippen LogP contribution is 2.36. The molecule has 0 spiro atoms. The molecular formula is C17H19NO4. The predicted octanol–water partition coefficient (Wildman–Crippen LogP) is 2.24. The van der Waals surface area contributed by atoms with E-state index in [4.69, 9.17) is 9.15 Å². The summed E-state index contributed by atoms with van der Waals surface area (Å²) in [5, 5.41) is 13.7. The third kappa shape index (κ3) is 2.72. The van der Waals surface area contributed by atoms with Crippen LogP contribution < -0.4 is 10.1 Å². The molecule has 1 atom stereocenters. The number of nitrogens with one attached hydrogen (secondary N) is 1. The van der Waals surface area contributed by atoms with Crippen LogP contribution in [0.25, 0.3) is 0 Å². The molecule has 2 aromatic rings. The summed E-state index contributed by atoms with van der Waals surface area (Å²) in [7, 11) is 1.63. The third-order valence-electron chi connectivity index (χ3n) is 4.17. The van der Waals surface area contributed by atoms with Gasteiger partial charge in [0.2, 0.25) is 0 Å². The minimum atomic E-state index is -1.04. The van der Waals surface area contributed by atoms with Crippen molar-refractivity contribution in [1.29, 1.82) is 0 Å². The number of methoxy groups -OCH3 is 1. The normalized spacial score (nSPS) is 20.3. The van der Waals surface area contributed by atoms with E-state index in [1.54, 1.807) is 13.2 Å². The van der Waals surface area contributed by atoms with E-state index in [2.05, 4.69) is 5.32 Å². The van der Waals surface area contributed by atoms with Crippen molar-refractivity contribution in [2.24, 2.45) is 0 Å². The van der Waals surface area contributed by atoms with E-state index in [1.807, 2.05) is 18.2 Å². The lowest BCUT2D eigenvalue weighted by molar-refractivity contribution is 0.0189. The summed E-state index contributed by atoms with van der Waals surface area (Å²) in [5.41, 5.74) is 1.35. The first-order valence-electron chi connectivity index (χ1n) is 7.32. The van der Waals surface area contributed by atoms with Crippen LogP contribution in [-0.2, 0) is 12.0 Å². The largest absolute Gasteiger partial charge is 0.497 e. The fraction of sp³-hybridized carbons (Fsp3) is 0.353. The average Bonchev–Trinajstić information content (AvgIpc) is 3.07. The lowest BCUT2D eigenvalue weighted by atomic mass is 9.79. The predicted molar refractivity (Wildman–Crippen MR) is 80.9 cm³/mol. The van der Waals surface area contributed by atoms with Gasteiger partial charge in [0.05, 0.1) is 25.5 Å². The Labute approximate surface area is 128 Å². The summed E-state index contributed by atoms with van der Waals surface area (Å²) in [6.45, 7) is 0.177. The number of benzene rings is 1. The van der Waals surface area contributed by atoms with Crippen LogP contribution in [0.5, 0.6) is 5.75 Å². The highest BCUT2D eigenvalue weighted by Gasteiger charge is 2.35. The standard InChI is InChI=1S/C17H19NO4/c1-21-14-4-5-15-12(9-14)3-2-7-17(15,20)11-18-16(19)13-6-8-22-10-13/h4-6,8-10,20H,2-3,7,11H2,1H3,(H,18,19)/t17-/m0/s1. The van der Waals surface area contributed by atoms with Gasteiger partial charge in [0.25, 0.3) is 5.91 Å². The number of rotatable bonds is 4. The first-order chi connectivity index (χ1) is 10.6. The number of fused-ring (bicyclic) bond motifs is 1. The average molecular weight is 301 g/mol. The second kappa shape index (κ2) is 5.85. The number of amides is 1. The lowest BCUT2D eigenvalue weighted by Gasteiger charge is -2.34. The van der Waals surface area contributed by atoms with Crippen LogP contribution in [0.2, 0.25) is 0 Å². The van der Waals surface area contributed by atoms with E-state index < -0.39 is 5.60 Å². The van der Waals surface area contributed by atoms with Gasteiger partial charge in [-0.25, -0.2) is 0 Å². The van der Waals surface area contributed by atoms with E-state index in [0.717, 1.165) is 29.7 Å². The Balaban J connectivity index is 1.78. The molecule has 22 heavy (non-hydrogen) atoms. The number of aryl methyl sites for hydroxylation is 1. The molecule has 2 N–H and O–H groups in total. The summed E-state index contributed by atoms with van der Waals surface area (Å²) in [5.74, 6) is 0.535. The Morgan fingerprint density at radius 1 is 1.45 bits per heavy atom. The highest BCUT2D eigenvalue weighted by atomic mass is 16.5. The molecule has 116 valence electrons. The minimum Gasteiger partial charge on any atom is -0.497 e. The maximum Gasteiger partial charge on any atom is 0.254 e. The van der Waals surface area contributed by atoms with E-state index in [0.29, 0.717) is 12.0 Å². The summed E-state index contributed by atoms with van der Waals surface area (Å²) in [6, 6.07) is 7.28. The topological polar surface area (TPSA) is 71.7 Å². The summed E-state index contributed by atoms with van der Waals surface area (Å²) >= 11 is 0. The Bertz CT molecular complexity index is 665. The van der Waals surface area contributed by atoms with Crippen LogP contribution in [0.4, 0.5) is 0 Å². The van der Waals surface area contributed by atoms with Gasteiger partial charge in [0, 0.05) is 0 Å². The zero-order valence-electron chi connectivity index (χ0n) is 12.5. The highest BCUT2D eigenvalue weighted by molar-refractivity contribution is 5.93. The molecule has 5 heteroatoms. The zero-order chi connectivity index (χ0) is 15.6. The Morgan fingerprint density at radius 2 is 2.32 bits per heavy atom. The first kappa shape index (κ1) is 14.7. The van der Waals surface area contributed by atoms with Crippen LogP contribution in [0, 0.1) is 0 Å². The number of carbonyl (C=O) groups is 1. The Hall–Kier alpha value is -2.27. The van der Waals surface area contributed by atoms with Gasteiger partial charge in [-0.05, 0) is 48.6 Å². The number of carbonyl (C=O) groups excluding carboxylic acids is 1. The van der Waals surface area contributed by atoms with Gasteiger partial charge >= 0.3 is 0 Å². The maximum absolute atomic E-state index is 12.0. The smallest absolute Gasteiger partial charge is 0.254 e. The molecule has 0 saturated carbocycles. The number of ether oxygens (including phenoxy) is 1. The van der Waals surface area contributed by atoms with Crippen molar-refractivity contribution in [2.75, 3.05) is 13.7 Å². The molecule has 1 aliphatic carbocycles. The van der Waals surface area contributed by atoms with E-state index in [9.17, 15) is 9.90 Å². The quantitative estimate of drug-likeness (QED) is 0.908. The fourth-order valence-corrected chi connectivity index (χ4v) is 2.97. The van der Waals surface area contributed by atoms with Crippen molar-refractivity contribution in [3.8, 4) is 5.75 Å². The van der Waals surface area contributed by atoms with Crippen LogP contribution in [0.1, 0.15) is 34.3 Å². The van der Waals surface area contributed by atoms with Crippen molar-refractivity contribution in [2.45, 2.75) is 24.9 Å². The van der Waals surface area contributed by atoms with Crippen LogP contribution in [0.3, 0.4) is 0 Å². The fourth-order valence-electron chi connectivity index (χ4n) is 2.97. The van der Waals surface area contributed by atoms with Crippen molar-refractivity contribution >= 4 is 5.91 Å². The van der Waals surface area contributed by atoms with Crippen LogP contribution in [0.15, 0.2) is 41.2 Å². The molecule has 5 nitrogen and oxygen atoms in total. The van der Waals surface area contributed by atoms with Gasteiger partial charge in [-0.3, -0.25) is 4.79 Å². The molecule has 3 rings (SSSR count). The lowest BCUT2D eigenvalue weighted by Crippen LogP contribution is -2.42. The molecule has 0 bridgehead atoms. The molecule has 0 aliphatic heterocycles. The van der Waals surface area contributed by atoms with E-state index in [1.165, 1.54) is 12.5 Å². The molecule has 1 amide bonds. The Morgan fingerprint density at radius 3 is 3.05 bits per heavy atom. The van der Waals surface area contributed by atoms with Crippen molar-refractivity contribution in [1.82, 2.24) is 5.32 Å². The molecule has 0 radical (unpaired) electrons. The summed E-state index contributed by atoms with van der Waals surface area (Å²) in [4.78, 5) is 12.0.